The lowest BCUT2D eigenvalue weighted by Gasteiger charge is -2.33. The van der Waals surface area contributed by atoms with Crippen molar-refractivity contribution in [3.8, 4) is 0 Å². The molecule has 1 atom stereocenters. The molecule has 0 bridgehead atoms. The zero-order valence-electron chi connectivity index (χ0n) is 11.5. The quantitative estimate of drug-likeness (QED) is 0.867. The molecular formula is C15H19ClN2O2. The van der Waals surface area contributed by atoms with Crippen molar-refractivity contribution in [3.63, 3.8) is 0 Å². The topological polar surface area (TPSA) is 49.4 Å². The SMILES string of the molecule is CC(Cl)C(=O)N1CCC(NC(=O)c2ccccc2)CC1. The number of halogens is 1. The number of carbonyl (C=O) groups excluding carboxylic acids is 2. The molecule has 1 fully saturated rings. The molecule has 0 aromatic heterocycles. The molecule has 1 aliphatic heterocycles. The summed E-state index contributed by atoms with van der Waals surface area (Å²) in [4.78, 5) is 25.5. The van der Waals surface area contributed by atoms with Crippen LogP contribution in [0.3, 0.4) is 0 Å². The van der Waals surface area contributed by atoms with E-state index in [-0.39, 0.29) is 17.9 Å². The van der Waals surface area contributed by atoms with Gasteiger partial charge in [-0.05, 0) is 31.9 Å². The third kappa shape index (κ3) is 3.73. The number of hydrogen-bond acceptors (Lipinski definition) is 2. The van der Waals surface area contributed by atoms with E-state index in [1.807, 2.05) is 18.2 Å². The van der Waals surface area contributed by atoms with Crippen molar-refractivity contribution in [1.82, 2.24) is 10.2 Å². The number of piperidine rings is 1. The van der Waals surface area contributed by atoms with Gasteiger partial charge in [0.2, 0.25) is 5.91 Å². The van der Waals surface area contributed by atoms with E-state index in [2.05, 4.69) is 5.32 Å². The zero-order chi connectivity index (χ0) is 14.5. The Bertz CT molecular complexity index is 468. The minimum atomic E-state index is -0.481. The number of nitrogens with zero attached hydrogens (tertiary/aromatic N) is 1. The highest BCUT2D eigenvalue weighted by atomic mass is 35.5. The summed E-state index contributed by atoms with van der Waals surface area (Å²) in [5, 5.41) is 2.53. The first-order chi connectivity index (χ1) is 9.58. The Hall–Kier alpha value is -1.55. The number of nitrogens with one attached hydrogen (secondary N) is 1. The highest BCUT2D eigenvalue weighted by Crippen LogP contribution is 2.13. The first kappa shape index (κ1) is 14.9. The Morgan fingerprint density at radius 3 is 2.40 bits per heavy atom. The van der Waals surface area contributed by atoms with Crippen molar-refractivity contribution in [1.29, 1.82) is 0 Å². The lowest BCUT2D eigenvalue weighted by Crippen LogP contribution is -2.48. The molecule has 0 saturated carbocycles. The average Bonchev–Trinajstić information content (AvgIpc) is 2.48. The van der Waals surface area contributed by atoms with Crippen molar-refractivity contribution in [3.05, 3.63) is 35.9 Å². The fourth-order valence-electron chi connectivity index (χ4n) is 2.35. The van der Waals surface area contributed by atoms with Crippen LogP contribution in [0.4, 0.5) is 0 Å². The third-order valence-corrected chi connectivity index (χ3v) is 3.70. The Labute approximate surface area is 124 Å². The maximum absolute atomic E-state index is 12.0. The number of carbonyl (C=O) groups is 2. The third-order valence-electron chi connectivity index (χ3n) is 3.52. The van der Waals surface area contributed by atoms with Crippen molar-refractivity contribution in [2.75, 3.05) is 13.1 Å². The average molecular weight is 295 g/mol. The summed E-state index contributed by atoms with van der Waals surface area (Å²) in [6, 6.07) is 9.29. The first-order valence-corrected chi connectivity index (χ1v) is 7.30. The molecule has 1 saturated heterocycles. The van der Waals surface area contributed by atoms with Crippen LogP contribution in [-0.4, -0.2) is 41.2 Å². The standard InChI is InChI=1S/C15H19ClN2O2/c1-11(16)15(20)18-9-7-13(8-10-18)17-14(19)12-5-3-2-4-6-12/h2-6,11,13H,7-10H2,1H3,(H,17,19). The number of rotatable bonds is 3. The molecule has 4 nitrogen and oxygen atoms in total. The molecule has 20 heavy (non-hydrogen) atoms. The van der Waals surface area contributed by atoms with Crippen molar-refractivity contribution >= 4 is 23.4 Å². The summed E-state index contributed by atoms with van der Waals surface area (Å²) in [5.41, 5.74) is 0.667. The van der Waals surface area contributed by atoms with E-state index >= 15 is 0 Å². The van der Waals surface area contributed by atoms with Crippen molar-refractivity contribution < 1.29 is 9.59 Å². The van der Waals surface area contributed by atoms with Gasteiger partial charge in [-0.1, -0.05) is 18.2 Å². The summed E-state index contributed by atoms with van der Waals surface area (Å²) in [7, 11) is 0. The summed E-state index contributed by atoms with van der Waals surface area (Å²) >= 11 is 5.80. The normalized spacial score (nSPS) is 17.6. The van der Waals surface area contributed by atoms with Crippen LogP contribution in [0.5, 0.6) is 0 Å². The number of alkyl halides is 1. The smallest absolute Gasteiger partial charge is 0.251 e. The predicted molar refractivity (Wildman–Crippen MR) is 78.8 cm³/mol. The lowest BCUT2D eigenvalue weighted by atomic mass is 10.0. The van der Waals surface area contributed by atoms with Gasteiger partial charge in [-0.3, -0.25) is 9.59 Å². The molecule has 1 heterocycles. The molecule has 1 aromatic rings. The van der Waals surface area contributed by atoms with E-state index in [0.717, 1.165) is 12.8 Å². The molecule has 0 radical (unpaired) electrons. The van der Waals surface area contributed by atoms with Gasteiger partial charge in [0, 0.05) is 24.7 Å². The zero-order valence-corrected chi connectivity index (χ0v) is 12.3. The summed E-state index contributed by atoms with van der Waals surface area (Å²) < 4.78 is 0. The largest absolute Gasteiger partial charge is 0.349 e. The number of hydrogen-bond donors (Lipinski definition) is 1. The summed E-state index contributed by atoms with van der Waals surface area (Å²) in [6.07, 6.45) is 1.54. The lowest BCUT2D eigenvalue weighted by molar-refractivity contribution is -0.131. The summed E-state index contributed by atoms with van der Waals surface area (Å²) in [5.74, 6) is -0.0828. The molecule has 1 N–H and O–H groups in total. The second-order valence-electron chi connectivity index (χ2n) is 5.06. The maximum atomic E-state index is 12.0. The van der Waals surface area contributed by atoms with Crippen LogP contribution in [0.25, 0.3) is 0 Å². The predicted octanol–water partition coefficient (Wildman–Crippen LogP) is 2.03. The minimum Gasteiger partial charge on any atom is -0.349 e. The molecular weight excluding hydrogens is 276 g/mol. The van der Waals surface area contributed by atoms with Gasteiger partial charge in [-0.15, -0.1) is 11.6 Å². The molecule has 1 aliphatic rings. The van der Waals surface area contributed by atoms with E-state index in [4.69, 9.17) is 11.6 Å². The van der Waals surface area contributed by atoms with Crippen LogP contribution in [0.1, 0.15) is 30.1 Å². The van der Waals surface area contributed by atoms with Gasteiger partial charge in [0.15, 0.2) is 0 Å². The fourth-order valence-corrected chi connectivity index (χ4v) is 2.49. The van der Waals surface area contributed by atoms with E-state index in [0.29, 0.717) is 18.7 Å². The van der Waals surface area contributed by atoms with E-state index in [1.165, 1.54) is 0 Å². The molecule has 2 amide bonds. The maximum Gasteiger partial charge on any atom is 0.251 e. The fraction of sp³-hybridized carbons (Fsp3) is 0.467. The Morgan fingerprint density at radius 2 is 1.85 bits per heavy atom. The molecule has 2 rings (SSSR count). The Kier molecular flexibility index (Phi) is 5.01. The summed E-state index contributed by atoms with van der Waals surface area (Å²) in [6.45, 7) is 2.98. The van der Waals surface area contributed by atoms with Crippen molar-refractivity contribution in [2.24, 2.45) is 0 Å². The van der Waals surface area contributed by atoms with Crippen LogP contribution in [0.15, 0.2) is 30.3 Å². The monoisotopic (exact) mass is 294 g/mol. The van der Waals surface area contributed by atoms with Crippen LogP contribution < -0.4 is 5.32 Å². The highest BCUT2D eigenvalue weighted by molar-refractivity contribution is 6.30. The van der Waals surface area contributed by atoms with Gasteiger partial charge < -0.3 is 10.2 Å². The van der Waals surface area contributed by atoms with Crippen LogP contribution in [0, 0.1) is 0 Å². The van der Waals surface area contributed by atoms with E-state index < -0.39 is 5.38 Å². The van der Waals surface area contributed by atoms with E-state index in [9.17, 15) is 9.59 Å². The molecule has 0 aliphatic carbocycles. The van der Waals surface area contributed by atoms with Gasteiger partial charge in [0.25, 0.3) is 5.91 Å². The number of amides is 2. The highest BCUT2D eigenvalue weighted by Gasteiger charge is 2.25. The van der Waals surface area contributed by atoms with Gasteiger partial charge in [0.05, 0.1) is 0 Å². The molecule has 1 unspecified atom stereocenters. The Balaban J connectivity index is 1.83. The molecule has 5 heteroatoms. The van der Waals surface area contributed by atoms with Gasteiger partial charge in [-0.2, -0.15) is 0 Å². The minimum absolute atomic E-state index is 0.0282. The Morgan fingerprint density at radius 1 is 1.25 bits per heavy atom. The van der Waals surface area contributed by atoms with Crippen LogP contribution >= 0.6 is 11.6 Å². The second kappa shape index (κ2) is 6.75. The first-order valence-electron chi connectivity index (χ1n) is 6.86. The molecule has 108 valence electrons. The van der Waals surface area contributed by atoms with Gasteiger partial charge in [-0.25, -0.2) is 0 Å². The van der Waals surface area contributed by atoms with Crippen LogP contribution in [0.2, 0.25) is 0 Å². The molecule has 0 spiro atoms. The van der Waals surface area contributed by atoms with Crippen molar-refractivity contribution in [2.45, 2.75) is 31.2 Å². The van der Waals surface area contributed by atoms with Gasteiger partial charge >= 0.3 is 0 Å². The van der Waals surface area contributed by atoms with E-state index in [1.54, 1.807) is 24.0 Å². The molecule has 1 aromatic carbocycles. The van der Waals surface area contributed by atoms with Gasteiger partial charge in [0.1, 0.15) is 5.38 Å². The number of benzene rings is 1. The number of likely N-dealkylation sites (tertiary alicyclic amines) is 1. The second-order valence-corrected chi connectivity index (χ2v) is 5.71. The van der Waals surface area contributed by atoms with Crippen LogP contribution in [-0.2, 0) is 4.79 Å².